The number of ether oxygens (including phenoxy) is 2. The predicted octanol–water partition coefficient (Wildman–Crippen LogP) is 2.12. The summed E-state index contributed by atoms with van der Waals surface area (Å²) >= 11 is 0. The van der Waals surface area contributed by atoms with Gasteiger partial charge in [-0.3, -0.25) is 14.4 Å². The van der Waals surface area contributed by atoms with E-state index in [1.54, 1.807) is 11.8 Å². The summed E-state index contributed by atoms with van der Waals surface area (Å²) in [6, 6.07) is 7.65. The number of aliphatic hydroxyl groups is 1. The van der Waals surface area contributed by atoms with Crippen molar-refractivity contribution in [1.29, 1.82) is 0 Å². The van der Waals surface area contributed by atoms with E-state index in [0.717, 1.165) is 24.0 Å². The number of benzene rings is 1. The number of allylic oxidation sites excluding steroid dienone is 2. The summed E-state index contributed by atoms with van der Waals surface area (Å²) in [6.07, 6.45) is 3.12. The van der Waals surface area contributed by atoms with Crippen molar-refractivity contribution in [3.05, 3.63) is 58.1 Å². The van der Waals surface area contributed by atoms with Gasteiger partial charge in [-0.05, 0) is 37.3 Å². The van der Waals surface area contributed by atoms with Crippen LogP contribution in [0, 0.1) is 0 Å². The van der Waals surface area contributed by atoms with Crippen molar-refractivity contribution in [2.45, 2.75) is 45.1 Å². The van der Waals surface area contributed by atoms with E-state index in [1.165, 1.54) is 14.2 Å². The van der Waals surface area contributed by atoms with Gasteiger partial charge in [0.2, 0.25) is 29.0 Å². The van der Waals surface area contributed by atoms with Crippen molar-refractivity contribution >= 4 is 17.5 Å². The summed E-state index contributed by atoms with van der Waals surface area (Å²) in [5, 5.41) is 9.39. The molecular formula is C24H29NO6. The molecule has 0 saturated carbocycles. The average Bonchev–Trinajstić information content (AvgIpc) is 3.27. The number of amides is 1. The van der Waals surface area contributed by atoms with E-state index in [9.17, 15) is 19.5 Å². The number of carbonyl (C=O) groups is 3. The van der Waals surface area contributed by atoms with Crippen LogP contribution < -0.4 is 0 Å². The van der Waals surface area contributed by atoms with Crippen LogP contribution in [0.25, 0.3) is 0 Å². The minimum Gasteiger partial charge on any atom is -0.489 e. The highest BCUT2D eigenvalue weighted by atomic mass is 16.5. The smallest absolute Gasteiger partial charge is 0.228 e. The first kappa shape index (κ1) is 22.7. The molecule has 3 rings (SSSR count). The third kappa shape index (κ3) is 4.71. The standard InChI is InChI=1S/C24H29NO6/c1-15-19(22(29)24(31-3)23(30-2)21(15)28)13-17-8-6-16(7-9-17)10-11-20(27)25-12-4-5-18(25)14-26/h6-9,18,26H,4-5,10-14H2,1-3H3. The van der Waals surface area contributed by atoms with Crippen molar-refractivity contribution < 1.29 is 29.0 Å². The summed E-state index contributed by atoms with van der Waals surface area (Å²) in [6.45, 7) is 2.36. The molecule has 0 spiro atoms. The molecule has 0 bridgehead atoms. The lowest BCUT2D eigenvalue weighted by Gasteiger charge is -2.23. The fraction of sp³-hybridized carbons (Fsp3) is 0.458. The summed E-state index contributed by atoms with van der Waals surface area (Å²) in [5.41, 5.74) is 2.67. The van der Waals surface area contributed by atoms with Crippen LogP contribution in [0.5, 0.6) is 0 Å². The summed E-state index contributed by atoms with van der Waals surface area (Å²) in [4.78, 5) is 39.5. The van der Waals surface area contributed by atoms with Gasteiger partial charge in [0.05, 0.1) is 26.9 Å². The van der Waals surface area contributed by atoms with Gasteiger partial charge in [-0.25, -0.2) is 0 Å². The van der Waals surface area contributed by atoms with Gasteiger partial charge in [0, 0.05) is 30.5 Å². The molecule has 31 heavy (non-hydrogen) atoms. The molecule has 1 aliphatic carbocycles. The highest BCUT2D eigenvalue weighted by Crippen LogP contribution is 2.28. The van der Waals surface area contributed by atoms with Gasteiger partial charge in [0.1, 0.15) is 0 Å². The van der Waals surface area contributed by atoms with Gasteiger partial charge in [-0.1, -0.05) is 24.3 Å². The fourth-order valence-electron chi connectivity index (χ4n) is 4.18. The van der Waals surface area contributed by atoms with Crippen LogP contribution in [0.15, 0.2) is 46.9 Å². The zero-order chi connectivity index (χ0) is 22.5. The molecular weight excluding hydrogens is 398 g/mol. The second-order valence-electron chi connectivity index (χ2n) is 7.89. The molecule has 166 valence electrons. The first-order valence-corrected chi connectivity index (χ1v) is 10.5. The Bertz CT molecular complexity index is 928. The maximum absolute atomic E-state index is 12.8. The number of carbonyl (C=O) groups excluding carboxylic acids is 3. The number of methoxy groups -OCH3 is 2. The van der Waals surface area contributed by atoms with Crippen LogP contribution >= 0.6 is 0 Å². The van der Waals surface area contributed by atoms with E-state index < -0.39 is 0 Å². The fourth-order valence-corrected chi connectivity index (χ4v) is 4.18. The number of aliphatic hydroxyl groups excluding tert-OH is 1. The molecule has 7 nitrogen and oxygen atoms in total. The van der Waals surface area contributed by atoms with Crippen molar-refractivity contribution in [2.75, 3.05) is 27.4 Å². The molecule has 0 aromatic heterocycles. The van der Waals surface area contributed by atoms with Gasteiger partial charge in [-0.2, -0.15) is 0 Å². The minimum atomic E-state index is -0.341. The van der Waals surface area contributed by atoms with E-state index in [1.807, 2.05) is 24.3 Å². The van der Waals surface area contributed by atoms with Crippen molar-refractivity contribution in [3.8, 4) is 0 Å². The Balaban J connectivity index is 1.64. The Labute approximate surface area is 182 Å². The normalized spacial score (nSPS) is 19.4. The van der Waals surface area contributed by atoms with Crippen LogP contribution in [0.4, 0.5) is 0 Å². The van der Waals surface area contributed by atoms with Gasteiger partial charge >= 0.3 is 0 Å². The highest BCUT2D eigenvalue weighted by molar-refractivity contribution is 6.23. The number of Topliss-reactive ketones (excluding diaryl/α,β-unsaturated/α-hetero) is 2. The third-order valence-electron chi connectivity index (χ3n) is 6.03. The molecule has 2 aliphatic rings. The summed E-state index contributed by atoms with van der Waals surface area (Å²) < 4.78 is 10.2. The Kier molecular flexibility index (Phi) is 7.28. The van der Waals surface area contributed by atoms with Crippen LogP contribution in [0.1, 0.15) is 37.3 Å². The Hall–Kier alpha value is -2.93. The molecule has 0 radical (unpaired) electrons. The molecule has 1 saturated heterocycles. The first-order chi connectivity index (χ1) is 14.9. The van der Waals surface area contributed by atoms with Crippen LogP contribution in [-0.4, -0.2) is 60.9 Å². The van der Waals surface area contributed by atoms with Crippen LogP contribution in [0.2, 0.25) is 0 Å². The molecule has 1 unspecified atom stereocenters. The lowest BCUT2D eigenvalue weighted by molar-refractivity contribution is -0.132. The lowest BCUT2D eigenvalue weighted by atomic mass is 9.88. The number of aryl methyl sites for hydroxylation is 1. The van der Waals surface area contributed by atoms with E-state index in [2.05, 4.69) is 0 Å². The summed E-state index contributed by atoms with van der Waals surface area (Å²) in [7, 11) is 2.69. The van der Waals surface area contributed by atoms with Crippen LogP contribution in [0.3, 0.4) is 0 Å². The number of nitrogens with zero attached hydrogens (tertiary/aromatic N) is 1. The Morgan fingerprint density at radius 1 is 1.06 bits per heavy atom. The zero-order valence-electron chi connectivity index (χ0n) is 18.3. The van der Waals surface area contributed by atoms with Gasteiger partial charge < -0.3 is 19.5 Å². The van der Waals surface area contributed by atoms with Crippen molar-refractivity contribution in [3.63, 3.8) is 0 Å². The van der Waals surface area contributed by atoms with E-state index in [-0.39, 0.29) is 41.6 Å². The Morgan fingerprint density at radius 3 is 2.29 bits per heavy atom. The number of likely N-dealkylation sites (tertiary alicyclic amines) is 1. The molecule has 1 N–H and O–H groups in total. The lowest BCUT2D eigenvalue weighted by Crippen LogP contribution is -2.37. The van der Waals surface area contributed by atoms with Crippen LogP contribution in [-0.2, 0) is 36.7 Å². The average molecular weight is 427 g/mol. The topological polar surface area (TPSA) is 93.1 Å². The van der Waals surface area contributed by atoms with E-state index >= 15 is 0 Å². The van der Waals surface area contributed by atoms with E-state index in [4.69, 9.17) is 9.47 Å². The Morgan fingerprint density at radius 2 is 1.68 bits per heavy atom. The van der Waals surface area contributed by atoms with Crippen molar-refractivity contribution in [1.82, 2.24) is 4.90 Å². The zero-order valence-corrected chi connectivity index (χ0v) is 18.3. The SMILES string of the molecule is COC1=C(OC)C(=O)C(Cc2ccc(CCC(=O)N3CCCC3CO)cc2)=C(C)C1=O. The number of hydrogen-bond donors (Lipinski definition) is 1. The molecule has 1 heterocycles. The van der Waals surface area contributed by atoms with Gasteiger partial charge in [0.25, 0.3) is 0 Å². The third-order valence-corrected chi connectivity index (χ3v) is 6.03. The van der Waals surface area contributed by atoms with Crippen molar-refractivity contribution in [2.24, 2.45) is 0 Å². The first-order valence-electron chi connectivity index (χ1n) is 10.5. The molecule has 1 fully saturated rings. The monoisotopic (exact) mass is 427 g/mol. The van der Waals surface area contributed by atoms with Gasteiger partial charge in [-0.15, -0.1) is 0 Å². The highest BCUT2D eigenvalue weighted by Gasteiger charge is 2.34. The molecule has 1 aromatic rings. The largest absolute Gasteiger partial charge is 0.489 e. The molecule has 1 aliphatic heterocycles. The number of hydrogen-bond acceptors (Lipinski definition) is 6. The minimum absolute atomic E-state index is 0.0166. The summed E-state index contributed by atoms with van der Waals surface area (Å²) in [5.74, 6) is -0.732. The number of ketones is 2. The molecule has 7 heteroatoms. The van der Waals surface area contributed by atoms with E-state index in [0.29, 0.717) is 37.0 Å². The molecule has 1 atom stereocenters. The maximum atomic E-state index is 12.8. The maximum Gasteiger partial charge on any atom is 0.228 e. The van der Waals surface area contributed by atoms with Gasteiger partial charge in [0.15, 0.2) is 0 Å². The molecule has 1 aromatic carbocycles. The molecule has 1 amide bonds. The number of rotatable bonds is 8. The second-order valence-corrected chi connectivity index (χ2v) is 7.89. The second kappa shape index (κ2) is 9.92. The predicted molar refractivity (Wildman–Crippen MR) is 114 cm³/mol. The quantitative estimate of drug-likeness (QED) is 0.639.